The molecule has 0 aliphatic heterocycles. The van der Waals surface area contributed by atoms with Crippen molar-refractivity contribution in [1.29, 1.82) is 0 Å². The second-order valence-electron chi connectivity index (χ2n) is 5.66. The third-order valence-corrected chi connectivity index (χ3v) is 3.79. The van der Waals surface area contributed by atoms with Gasteiger partial charge in [0.2, 0.25) is 0 Å². The summed E-state index contributed by atoms with van der Waals surface area (Å²) in [5.74, 6) is -0.159. The first-order valence-electron chi connectivity index (χ1n) is 7.56. The molecule has 4 nitrogen and oxygen atoms in total. The van der Waals surface area contributed by atoms with Gasteiger partial charge in [-0.1, -0.05) is 12.1 Å². The predicted molar refractivity (Wildman–Crippen MR) is 96.6 cm³/mol. The average molecular weight is 319 g/mol. The number of anilines is 1. The molecule has 0 N–H and O–H groups in total. The Morgan fingerprint density at radius 1 is 1.04 bits per heavy atom. The highest BCUT2D eigenvalue weighted by Gasteiger charge is 2.06. The fraction of sp³-hybridized carbons (Fsp3) is 0.100. The predicted octanol–water partition coefficient (Wildman–Crippen LogP) is 3.76. The molecule has 120 valence electrons. The topological polar surface area (TPSA) is 50.5 Å². The number of ketones is 1. The van der Waals surface area contributed by atoms with Crippen molar-refractivity contribution < 1.29 is 9.21 Å². The van der Waals surface area contributed by atoms with Gasteiger partial charge in [0.1, 0.15) is 11.8 Å². The minimum atomic E-state index is -0.159. The zero-order valence-corrected chi connectivity index (χ0v) is 13.5. The normalized spacial score (nSPS) is 11.1. The number of carbonyl (C=O) groups is 1. The van der Waals surface area contributed by atoms with E-state index in [4.69, 9.17) is 4.42 Å². The molecule has 0 spiro atoms. The van der Waals surface area contributed by atoms with Crippen LogP contribution in [0.5, 0.6) is 0 Å². The Balaban J connectivity index is 1.86. The molecule has 3 aromatic rings. The molecule has 0 bridgehead atoms. The third kappa shape index (κ3) is 3.13. The van der Waals surface area contributed by atoms with Crippen molar-refractivity contribution in [3.8, 4) is 0 Å². The highest BCUT2D eigenvalue weighted by molar-refractivity contribution is 6.07. The lowest BCUT2D eigenvalue weighted by Gasteiger charge is -2.11. The molecule has 0 aliphatic carbocycles. The second-order valence-corrected chi connectivity index (χ2v) is 5.66. The van der Waals surface area contributed by atoms with Gasteiger partial charge in [-0.15, -0.1) is 0 Å². The molecule has 3 rings (SSSR count). The van der Waals surface area contributed by atoms with Crippen LogP contribution in [0.15, 0.2) is 70.1 Å². The number of nitrogens with zero attached hydrogens (tertiary/aromatic N) is 1. The molecule has 0 fully saturated rings. The van der Waals surface area contributed by atoms with Crippen LogP contribution < -0.4 is 10.3 Å². The van der Waals surface area contributed by atoms with Gasteiger partial charge in [-0.2, -0.15) is 0 Å². The van der Waals surface area contributed by atoms with Gasteiger partial charge < -0.3 is 9.32 Å². The Morgan fingerprint density at radius 3 is 2.46 bits per heavy atom. The molecule has 1 aromatic heterocycles. The maximum Gasteiger partial charge on any atom is 0.199 e. The van der Waals surface area contributed by atoms with Crippen molar-refractivity contribution in [2.45, 2.75) is 0 Å². The highest BCUT2D eigenvalue weighted by Crippen LogP contribution is 2.14. The molecular formula is C20H17NO3. The van der Waals surface area contributed by atoms with Crippen LogP contribution in [0.3, 0.4) is 0 Å². The molecule has 24 heavy (non-hydrogen) atoms. The lowest BCUT2D eigenvalue weighted by Crippen LogP contribution is -2.08. The van der Waals surface area contributed by atoms with E-state index in [1.165, 1.54) is 18.4 Å². The smallest absolute Gasteiger partial charge is 0.199 e. The minimum Gasteiger partial charge on any atom is -0.463 e. The van der Waals surface area contributed by atoms with Crippen LogP contribution in [0.2, 0.25) is 0 Å². The number of fused-ring (bicyclic) bond motifs is 1. The molecule has 1 heterocycles. The van der Waals surface area contributed by atoms with Gasteiger partial charge in [0.25, 0.3) is 0 Å². The van der Waals surface area contributed by atoms with Gasteiger partial charge in [-0.05, 0) is 48.6 Å². The standard InChI is InChI=1S/C20H17NO3/c1-21(2)16-10-7-14(8-11-16)18(22)12-9-15-13-24-19-6-4-3-5-17(19)20(15)23/h3-13H,1-2H3/b12-9+. The zero-order valence-electron chi connectivity index (χ0n) is 13.5. The fourth-order valence-electron chi connectivity index (χ4n) is 2.39. The minimum absolute atomic E-state index is 0.149. The number of rotatable bonds is 4. The fourth-order valence-corrected chi connectivity index (χ4v) is 2.39. The summed E-state index contributed by atoms with van der Waals surface area (Å²) in [4.78, 5) is 26.6. The number of hydrogen-bond acceptors (Lipinski definition) is 4. The lowest BCUT2D eigenvalue weighted by atomic mass is 10.1. The van der Waals surface area contributed by atoms with Crippen molar-refractivity contribution in [2.75, 3.05) is 19.0 Å². The summed E-state index contributed by atoms with van der Waals surface area (Å²) in [5, 5.41) is 0.502. The number of para-hydroxylation sites is 1. The average Bonchev–Trinajstić information content (AvgIpc) is 2.61. The first-order valence-corrected chi connectivity index (χ1v) is 7.56. The Hall–Kier alpha value is -3.14. The molecule has 0 atom stereocenters. The Bertz CT molecular complexity index is 966. The quantitative estimate of drug-likeness (QED) is 0.543. The van der Waals surface area contributed by atoms with Crippen molar-refractivity contribution in [1.82, 2.24) is 0 Å². The van der Waals surface area contributed by atoms with Crippen LogP contribution in [0, 0.1) is 0 Å². The molecule has 2 aromatic carbocycles. The van der Waals surface area contributed by atoms with E-state index >= 15 is 0 Å². The molecule has 0 aliphatic rings. The van der Waals surface area contributed by atoms with Gasteiger partial charge in [0, 0.05) is 25.3 Å². The van der Waals surface area contributed by atoms with E-state index in [0.717, 1.165) is 5.69 Å². The van der Waals surface area contributed by atoms with Gasteiger partial charge in [-0.25, -0.2) is 0 Å². The Labute approximate surface area is 139 Å². The van der Waals surface area contributed by atoms with E-state index in [1.807, 2.05) is 37.2 Å². The van der Waals surface area contributed by atoms with E-state index in [0.29, 0.717) is 22.1 Å². The molecule has 0 saturated carbocycles. The summed E-state index contributed by atoms with van der Waals surface area (Å²) in [6, 6.07) is 14.3. The van der Waals surface area contributed by atoms with Gasteiger partial charge in [-0.3, -0.25) is 9.59 Å². The van der Waals surface area contributed by atoms with Crippen LogP contribution in [-0.2, 0) is 0 Å². The van der Waals surface area contributed by atoms with E-state index in [9.17, 15) is 9.59 Å². The number of hydrogen-bond donors (Lipinski definition) is 0. The molecule has 0 unspecified atom stereocenters. The van der Waals surface area contributed by atoms with Crippen LogP contribution in [0.25, 0.3) is 17.0 Å². The number of benzene rings is 2. The molecule has 0 amide bonds. The van der Waals surface area contributed by atoms with Crippen LogP contribution in [0.4, 0.5) is 5.69 Å². The Kier molecular flexibility index (Phi) is 4.29. The summed E-state index contributed by atoms with van der Waals surface area (Å²) in [6.45, 7) is 0. The first kappa shape index (κ1) is 15.7. The second kappa shape index (κ2) is 6.54. The van der Waals surface area contributed by atoms with E-state index in [1.54, 1.807) is 30.3 Å². The van der Waals surface area contributed by atoms with Crippen molar-refractivity contribution >= 4 is 28.5 Å². The van der Waals surface area contributed by atoms with E-state index in [-0.39, 0.29) is 11.2 Å². The summed E-state index contributed by atoms with van der Waals surface area (Å²) in [6.07, 6.45) is 4.27. The molecular weight excluding hydrogens is 302 g/mol. The Morgan fingerprint density at radius 2 is 1.75 bits per heavy atom. The van der Waals surface area contributed by atoms with Crippen LogP contribution >= 0.6 is 0 Å². The summed E-state index contributed by atoms with van der Waals surface area (Å²) in [5.41, 5.74) is 2.33. The summed E-state index contributed by atoms with van der Waals surface area (Å²) >= 11 is 0. The van der Waals surface area contributed by atoms with Gasteiger partial charge in [0.05, 0.1) is 10.9 Å². The third-order valence-electron chi connectivity index (χ3n) is 3.79. The maximum absolute atomic E-state index is 12.4. The highest BCUT2D eigenvalue weighted by atomic mass is 16.3. The van der Waals surface area contributed by atoms with Crippen LogP contribution in [-0.4, -0.2) is 19.9 Å². The first-order chi connectivity index (χ1) is 11.6. The summed E-state index contributed by atoms with van der Waals surface area (Å²) in [7, 11) is 3.88. The van der Waals surface area contributed by atoms with Crippen molar-refractivity contribution in [3.05, 3.63) is 82.2 Å². The lowest BCUT2D eigenvalue weighted by molar-refractivity contribution is 0.104. The van der Waals surface area contributed by atoms with Gasteiger partial charge in [0.15, 0.2) is 11.2 Å². The van der Waals surface area contributed by atoms with Crippen molar-refractivity contribution in [2.24, 2.45) is 0 Å². The van der Waals surface area contributed by atoms with E-state index in [2.05, 4.69) is 0 Å². The maximum atomic E-state index is 12.4. The SMILES string of the molecule is CN(C)c1ccc(C(=O)/C=C/c2coc3ccccc3c2=O)cc1. The monoisotopic (exact) mass is 319 g/mol. The molecule has 4 heteroatoms. The zero-order chi connectivity index (χ0) is 17.1. The number of allylic oxidation sites excluding steroid dienone is 1. The van der Waals surface area contributed by atoms with E-state index < -0.39 is 0 Å². The largest absolute Gasteiger partial charge is 0.463 e. The molecule has 0 radical (unpaired) electrons. The van der Waals surface area contributed by atoms with Gasteiger partial charge >= 0.3 is 0 Å². The summed E-state index contributed by atoms with van der Waals surface area (Å²) < 4.78 is 5.44. The van der Waals surface area contributed by atoms with Crippen molar-refractivity contribution in [3.63, 3.8) is 0 Å². The molecule has 0 saturated heterocycles. The van der Waals surface area contributed by atoms with Crippen LogP contribution in [0.1, 0.15) is 15.9 Å². The number of carbonyl (C=O) groups excluding carboxylic acids is 1.